The normalized spacial score (nSPS) is 29.8. The van der Waals surface area contributed by atoms with Gasteiger partial charge in [-0.1, -0.05) is 37.3 Å². The van der Waals surface area contributed by atoms with Crippen LogP contribution in [0.25, 0.3) is 0 Å². The molecule has 1 aromatic rings. The summed E-state index contributed by atoms with van der Waals surface area (Å²) < 4.78 is 0. The van der Waals surface area contributed by atoms with Gasteiger partial charge in [-0.25, -0.2) is 0 Å². The summed E-state index contributed by atoms with van der Waals surface area (Å²) in [6.07, 6.45) is 5.07. The van der Waals surface area contributed by atoms with E-state index in [2.05, 4.69) is 31.2 Å². The lowest BCUT2D eigenvalue weighted by atomic mass is 9.83. The summed E-state index contributed by atoms with van der Waals surface area (Å²) >= 11 is 0. The number of likely N-dealkylation sites (tertiary alicyclic amines) is 1. The highest BCUT2D eigenvalue weighted by Crippen LogP contribution is 2.38. The first kappa shape index (κ1) is 17.0. The number of carboxylic acids is 1. The molecule has 2 fully saturated rings. The molecule has 4 nitrogen and oxygen atoms in total. The Kier molecular flexibility index (Phi) is 4.93. The predicted octanol–water partition coefficient (Wildman–Crippen LogP) is 3.36. The lowest BCUT2D eigenvalue weighted by molar-refractivity contribution is -0.141. The van der Waals surface area contributed by atoms with E-state index in [4.69, 9.17) is 5.11 Å². The Hall–Kier alpha value is -1.84. The number of amides is 1. The largest absolute Gasteiger partial charge is 0.481 e. The molecule has 1 N–H and O–H groups in total. The summed E-state index contributed by atoms with van der Waals surface area (Å²) in [5.41, 5.74) is 1.53. The minimum atomic E-state index is -0.751. The fraction of sp³-hybridized carbons (Fsp3) is 0.600. The zero-order valence-corrected chi connectivity index (χ0v) is 14.4. The second-order valence-corrected chi connectivity index (χ2v) is 7.85. The molecule has 3 atom stereocenters. The highest BCUT2D eigenvalue weighted by Gasteiger charge is 2.41. The van der Waals surface area contributed by atoms with E-state index < -0.39 is 5.97 Å². The Balaban J connectivity index is 1.52. The number of aryl methyl sites for hydroxylation is 1. The number of hydrogen-bond acceptors (Lipinski definition) is 2. The highest BCUT2D eigenvalue weighted by atomic mass is 16.4. The third-order valence-electron chi connectivity index (χ3n) is 5.86. The average molecular weight is 329 g/mol. The molecule has 1 aliphatic heterocycles. The zero-order valence-electron chi connectivity index (χ0n) is 14.4. The van der Waals surface area contributed by atoms with Crippen molar-refractivity contribution in [2.45, 2.75) is 45.4 Å². The summed E-state index contributed by atoms with van der Waals surface area (Å²) in [6.45, 7) is 3.91. The molecule has 0 spiro atoms. The quantitative estimate of drug-likeness (QED) is 0.901. The molecule has 1 amide bonds. The fourth-order valence-corrected chi connectivity index (χ4v) is 4.20. The number of aliphatic carboxylic acids is 1. The second-order valence-electron chi connectivity index (χ2n) is 7.85. The maximum Gasteiger partial charge on any atom is 0.306 e. The number of carbonyl (C=O) groups is 2. The third kappa shape index (κ3) is 3.80. The van der Waals surface area contributed by atoms with E-state index in [1.807, 2.05) is 11.0 Å². The molecule has 1 aromatic carbocycles. The van der Waals surface area contributed by atoms with Gasteiger partial charge in [0.25, 0.3) is 0 Å². The number of hydrogen-bond donors (Lipinski definition) is 1. The van der Waals surface area contributed by atoms with E-state index in [9.17, 15) is 9.59 Å². The molecule has 2 aliphatic rings. The van der Waals surface area contributed by atoms with Crippen molar-refractivity contribution in [2.75, 3.05) is 13.1 Å². The third-order valence-corrected chi connectivity index (χ3v) is 5.86. The van der Waals surface area contributed by atoms with E-state index >= 15 is 0 Å². The van der Waals surface area contributed by atoms with Crippen LogP contribution in [-0.4, -0.2) is 35.0 Å². The molecule has 0 aromatic heterocycles. The maximum atomic E-state index is 12.7. The first-order chi connectivity index (χ1) is 11.5. The Morgan fingerprint density at radius 2 is 1.92 bits per heavy atom. The van der Waals surface area contributed by atoms with Crippen LogP contribution in [0.4, 0.5) is 0 Å². The Labute approximate surface area is 143 Å². The van der Waals surface area contributed by atoms with Crippen LogP contribution in [0.1, 0.15) is 44.6 Å². The summed E-state index contributed by atoms with van der Waals surface area (Å²) in [4.78, 5) is 25.8. The summed E-state index contributed by atoms with van der Waals surface area (Å²) in [7, 11) is 0. The smallest absolute Gasteiger partial charge is 0.306 e. The van der Waals surface area contributed by atoms with Gasteiger partial charge in [0, 0.05) is 19.0 Å². The molecular formula is C20H27NO3. The summed E-state index contributed by atoms with van der Waals surface area (Å²) in [5, 5.41) is 9.11. The number of benzene rings is 1. The Bertz CT molecular complexity index is 600. The van der Waals surface area contributed by atoms with Crippen LogP contribution >= 0.6 is 0 Å². The molecule has 3 rings (SSSR count). The van der Waals surface area contributed by atoms with Gasteiger partial charge in [-0.2, -0.15) is 0 Å². The van der Waals surface area contributed by atoms with Crippen LogP contribution in [0, 0.1) is 17.3 Å². The van der Waals surface area contributed by atoms with Crippen LogP contribution in [0.3, 0.4) is 0 Å². The van der Waals surface area contributed by atoms with E-state index in [-0.39, 0.29) is 23.2 Å². The van der Waals surface area contributed by atoms with Crippen molar-refractivity contribution in [3.05, 3.63) is 35.9 Å². The number of carbonyl (C=O) groups excluding carboxylic acids is 1. The number of carboxylic acid groups (broad SMARTS) is 1. The van der Waals surface area contributed by atoms with Crippen LogP contribution in [0.5, 0.6) is 0 Å². The Morgan fingerprint density at radius 3 is 2.58 bits per heavy atom. The van der Waals surface area contributed by atoms with Gasteiger partial charge in [-0.15, -0.1) is 0 Å². The molecule has 1 saturated carbocycles. The fourth-order valence-electron chi connectivity index (χ4n) is 4.20. The van der Waals surface area contributed by atoms with E-state index in [1.54, 1.807) is 0 Å². The predicted molar refractivity (Wildman–Crippen MR) is 92.5 cm³/mol. The second kappa shape index (κ2) is 6.96. The minimum Gasteiger partial charge on any atom is -0.481 e. The monoisotopic (exact) mass is 329 g/mol. The summed E-state index contributed by atoms with van der Waals surface area (Å²) in [5.74, 6) is -0.977. The standard InChI is InChI=1S/C20H27NO3/c1-20(10-9-15-5-3-2-4-6-15)11-12-21(14-20)18(22)16-7-8-17(13-16)19(23)24/h2-6,16-17H,7-14H2,1H3,(H,23,24)/t16-,17+,20?/m1/s1. The molecule has 1 heterocycles. The van der Waals surface area contributed by atoms with Crippen LogP contribution in [0.15, 0.2) is 30.3 Å². The van der Waals surface area contributed by atoms with Crippen molar-refractivity contribution < 1.29 is 14.7 Å². The molecule has 1 unspecified atom stereocenters. The number of rotatable bonds is 5. The molecule has 0 radical (unpaired) electrons. The van der Waals surface area contributed by atoms with Gasteiger partial charge in [0.1, 0.15) is 0 Å². The van der Waals surface area contributed by atoms with Crippen molar-refractivity contribution >= 4 is 11.9 Å². The zero-order chi connectivity index (χ0) is 17.2. The highest BCUT2D eigenvalue weighted by molar-refractivity contribution is 5.81. The van der Waals surface area contributed by atoms with Crippen LogP contribution in [0.2, 0.25) is 0 Å². The first-order valence-electron chi connectivity index (χ1n) is 9.02. The molecular weight excluding hydrogens is 302 g/mol. The molecule has 4 heteroatoms. The van der Waals surface area contributed by atoms with Crippen molar-refractivity contribution in [1.29, 1.82) is 0 Å². The topological polar surface area (TPSA) is 57.6 Å². The van der Waals surface area contributed by atoms with Gasteiger partial charge < -0.3 is 10.0 Å². The van der Waals surface area contributed by atoms with Gasteiger partial charge in [0.2, 0.25) is 5.91 Å². The molecule has 130 valence electrons. The van der Waals surface area contributed by atoms with Crippen LogP contribution < -0.4 is 0 Å². The van der Waals surface area contributed by atoms with Crippen molar-refractivity contribution in [3.8, 4) is 0 Å². The van der Waals surface area contributed by atoms with Crippen molar-refractivity contribution in [1.82, 2.24) is 4.90 Å². The van der Waals surface area contributed by atoms with Gasteiger partial charge >= 0.3 is 5.97 Å². The van der Waals surface area contributed by atoms with Crippen molar-refractivity contribution in [3.63, 3.8) is 0 Å². The van der Waals surface area contributed by atoms with Gasteiger partial charge in [-0.3, -0.25) is 9.59 Å². The molecule has 1 saturated heterocycles. The maximum absolute atomic E-state index is 12.7. The van der Waals surface area contributed by atoms with E-state index in [0.717, 1.165) is 38.8 Å². The van der Waals surface area contributed by atoms with Gasteiger partial charge in [0.15, 0.2) is 0 Å². The first-order valence-corrected chi connectivity index (χ1v) is 9.02. The SMILES string of the molecule is CC1(CCc2ccccc2)CCN(C(=O)[C@@H]2CC[C@H](C(=O)O)C2)C1. The lowest BCUT2D eigenvalue weighted by Gasteiger charge is -2.26. The molecule has 24 heavy (non-hydrogen) atoms. The average Bonchev–Trinajstić information content (AvgIpc) is 3.21. The van der Waals surface area contributed by atoms with Crippen molar-refractivity contribution in [2.24, 2.45) is 17.3 Å². The lowest BCUT2D eigenvalue weighted by Crippen LogP contribution is -2.35. The minimum absolute atomic E-state index is 0.0810. The van der Waals surface area contributed by atoms with Crippen LogP contribution in [-0.2, 0) is 16.0 Å². The molecule has 0 bridgehead atoms. The van der Waals surface area contributed by atoms with Gasteiger partial charge in [-0.05, 0) is 49.5 Å². The summed E-state index contributed by atoms with van der Waals surface area (Å²) in [6, 6.07) is 10.5. The molecule has 1 aliphatic carbocycles. The van der Waals surface area contributed by atoms with E-state index in [1.165, 1.54) is 5.56 Å². The Morgan fingerprint density at radius 1 is 1.21 bits per heavy atom. The van der Waals surface area contributed by atoms with E-state index in [0.29, 0.717) is 12.8 Å². The number of nitrogens with zero attached hydrogens (tertiary/aromatic N) is 1. The van der Waals surface area contributed by atoms with Gasteiger partial charge in [0.05, 0.1) is 5.92 Å².